The predicted molar refractivity (Wildman–Crippen MR) is 50.2 cm³/mol. The summed E-state index contributed by atoms with van der Waals surface area (Å²) in [5, 5.41) is 0. The maximum Gasteiger partial charge on any atom is 0.432 e. The standard InChI is InChI=1S/C9H14N2O3/c1-8-4-5-10-14-9(13)11(8)6-2-3-7-12/h4,7,10H,2-3,5-6H2,1H3. The molecule has 78 valence electrons. The fourth-order valence-corrected chi connectivity index (χ4v) is 1.20. The van der Waals surface area contributed by atoms with Crippen LogP contribution in [0, 0.1) is 0 Å². The first-order valence-corrected chi connectivity index (χ1v) is 4.57. The first-order chi connectivity index (χ1) is 6.75. The Hall–Kier alpha value is -1.36. The van der Waals surface area contributed by atoms with Crippen LogP contribution in [-0.4, -0.2) is 30.4 Å². The van der Waals surface area contributed by atoms with Crippen molar-refractivity contribution in [2.45, 2.75) is 19.8 Å². The minimum absolute atomic E-state index is 0.415. The number of allylic oxidation sites excluding steroid dienone is 1. The summed E-state index contributed by atoms with van der Waals surface area (Å²) in [4.78, 5) is 27.7. The Morgan fingerprint density at radius 1 is 1.71 bits per heavy atom. The molecule has 1 amide bonds. The summed E-state index contributed by atoms with van der Waals surface area (Å²) < 4.78 is 0. The van der Waals surface area contributed by atoms with Crippen LogP contribution < -0.4 is 5.48 Å². The molecule has 1 aliphatic heterocycles. The van der Waals surface area contributed by atoms with Gasteiger partial charge in [0.1, 0.15) is 6.29 Å². The van der Waals surface area contributed by atoms with E-state index in [0.717, 1.165) is 12.0 Å². The highest BCUT2D eigenvalue weighted by molar-refractivity contribution is 5.70. The van der Waals surface area contributed by atoms with E-state index in [4.69, 9.17) is 4.84 Å². The molecule has 0 fully saturated rings. The predicted octanol–water partition coefficient (Wildman–Crippen LogP) is 0.826. The topological polar surface area (TPSA) is 58.6 Å². The van der Waals surface area contributed by atoms with E-state index in [9.17, 15) is 9.59 Å². The maximum absolute atomic E-state index is 11.3. The van der Waals surface area contributed by atoms with Crippen LogP contribution in [0.3, 0.4) is 0 Å². The highest BCUT2D eigenvalue weighted by atomic mass is 16.7. The summed E-state index contributed by atoms with van der Waals surface area (Å²) in [6.07, 6.45) is 3.42. The molecule has 1 N–H and O–H groups in total. The van der Waals surface area contributed by atoms with Gasteiger partial charge in [-0.2, -0.15) is 0 Å². The van der Waals surface area contributed by atoms with E-state index < -0.39 is 6.09 Å². The van der Waals surface area contributed by atoms with E-state index in [1.165, 1.54) is 4.90 Å². The molecule has 1 heterocycles. The molecule has 0 unspecified atom stereocenters. The summed E-state index contributed by atoms with van der Waals surface area (Å²) in [6, 6.07) is 0. The monoisotopic (exact) mass is 198 g/mol. The number of carbonyl (C=O) groups excluding carboxylic acids is 2. The quantitative estimate of drug-likeness (QED) is 0.537. The van der Waals surface area contributed by atoms with E-state index in [2.05, 4.69) is 5.48 Å². The number of carbonyl (C=O) groups is 2. The molecular weight excluding hydrogens is 184 g/mol. The molecule has 0 bridgehead atoms. The Morgan fingerprint density at radius 3 is 3.21 bits per heavy atom. The SMILES string of the molecule is CC1=CCNOC(=O)N1CCCC=O. The zero-order valence-electron chi connectivity index (χ0n) is 8.16. The van der Waals surface area contributed by atoms with E-state index in [1.807, 2.05) is 13.0 Å². The number of unbranched alkanes of at least 4 members (excludes halogenated alkanes) is 1. The third kappa shape index (κ3) is 2.85. The molecule has 0 spiro atoms. The normalized spacial score (nSPS) is 17.1. The zero-order valence-corrected chi connectivity index (χ0v) is 8.16. The van der Waals surface area contributed by atoms with Crippen molar-refractivity contribution >= 4 is 12.4 Å². The van der Waals surface area contributed by atoms with E-state index >= 15 is 0 Å². The number of hydroxylamine groups is 1. The van der Waals surface area contributed by atoms with Crippen LogP contribution in [0.4, 0.5) is 4.79 Å². The van der Waals surface area contributed by atoms with Crippen molar-refractivity contribution in [2.24, 2.45) is 0 Å². The summed E-state index contributed by atoms with van der Waals surface area (Å²) in [5.74, 6) is 0. The molecule has 5 nitrogen and oxygen atoms in total. The van der Waals surface area contributed by atoms with Gasteiger partial charge < -0.3 is 9.63 Å². The lowest BCUT2D eigenvalue weighted by atomic mass is 10.3. The van der Waals surface area contributed by atoms with Crippen LogP contribution >= 0.6 is 0 Å². The molecule has 0 saturated carbocycles. The van der Waals surface area contributed by atoms with Gasteiger partial charge in [-0.1, -0.05) is 0 Å². The van der Waals surface area contributed by atoms with Crippen molar-refractivity contribution in [3.05, 3.63) is 11.8 Å². The van der Waals surface area contributed by atoms with Crippen LogP contribution in [0.5, 0.6) is 0 Å². The van der Waals surface area contributed by atoms with E-state index in [-0.39, 0.29) is 0 Å². The molecular formula is C9H14N2O3. The van der Waals surface area contributed by atoms with Gasteiger partial charge in [0, 0.05) is 18.7 Å². The van der Waals surface area contributed by atoms with Gasteiger partial charge in [-0.05, 0) is 19.4 Å². The lowest BCUT2D eigenvalue weighted by Gasteiger charge is -2.19. The third-order valence-electron chi connectivity index (χ3n) is 1.99. The average Bonchev–Trinajstić information content (AvgIpc) is 2.32. The van der Waals surface area contributed by atoms with Gasteiger partial charge >= 0.3 is 6.09 Å². The van der Waals surface area contributed by atoms with Gasteiger partial charge in [0.05, 0.1) is 6.54 Å². The molecule has 0 aromatic carbocycles. The van der Waals surface area contributed by atoms with Crippen molar-refractivity contribution < 1.29 is 14.4 Å². The van der Waals surface area contributed by atoms with Gasteiger partial charge in [-0.15, -0.1) is 5.48 Å². The molecule has 5 heteroatoms. The second-order valence-electron chi connectivity index (χ2n) is 3.02. The van der Waals surface area contributed by atoms with E-state index in [1.54, 1.807) is 0 Å². The number of rotatable bonds is 4. The molecule has 1 rings (SSSR count). The Bertz CT molecular complexity index is 250. The molecule has 0 aromatic rings. The molecule has 0 aromatic heterocycles. The molecule has 0 radical (unpaired) electrons. The molecule has 1 aliphatic rings. The minimum Gasteiger partial charge on any atom is -0.353 e. The fraction of sp³-hybridized carbons (Fsp3) is 0.556. The molecule has 0 aliphatic carbocycles. The van der Waals surface area contributed by atoms with Crippen molar-refractivity contribution in [1.29, 1.82) is 0 Å². The first kappa shape index (κ1) is 10.7. The van der Waals surface area contributed by atoms with Crippen molar-refractivity contribution in [3.8, 4) is 0 Å². The Balaban J connectivity index is 2.52. The number of aldehydes is 1. The van der Waals surface area contributed by atoms with Gasteiger partial charge in [0.15, 0.2) is 0 Å². The van der Waals surface area contributed by atoms with Gasteiger partial charge in [0.2, 0.25) is 0 Å². The summed E-state index contributed by atoms with van der Waals surface area (Å²) in [6.45, 7) is 2.87. The minimum atomic E-state index is -0.415. The van der Waals surface area contributed by atoms with Crippen LogP contribution in [0.1, 0.15) is 19.8 Å². The van der Waals surface area contributed by atoms with Gasteiger partial charge in [-0.25, -0.2) is 4.79 Å². The second kappa shape index (κ2) is 5.39. The maximum atomic E-state index is 11.3. The third-order valence-corrected chi connectivity index (χ3v) is 1.99. The zero-order chi connectivity index (χ0) is 10.4. The highest BCUT2D eigenvalue weighted by Crippen LogP contribution is 2.09. The number of hydrogen-bond donors (Lipinski definition) is 1. The number of nitrogens with zero attached hydrogens (tertiary/aromatic N) is 1. The molecule has 14 heavy (non-hydrogen) atoms. The Kier molecular flexibility index (Phi) is 4.12. The summed E-state index contributed by atoms with van der Waals surface area (Å²) in [7, 11) is 0. The average molecular weight is 198 g/mol. The van der Waals surface area contributed by atoms with Crippen LogP contribution in [0.2, 0.25) is 0 Å². The smallest absolute Gasteiger partial charge is 0.353 e. The van der Waals surface area contributed by atoms with E-state index in [0.29, 0.717) is 25.9 Å². The molecule has 0 atom stereocenters. The largest absolute Gasteiger partial charge is 0.432 e. The molecule has 0 saturated heterocycles. The lowest BCUT2D eigenvalue weighted by Crippen LogP contribution is -2.32. The summed E-state index contributed by atoms with van der Waals surface area (Å²) >= 11 is 0. The lowest BCUT2D eigenvalue weighted by molar-refractivity contribution is -0.108. The fourth-order valence-electron chi connectivity index (χ4n) is 1.20. The number of hydrogen-bond acceptors (Lipinski definition) is 4. The van der Waals surface area contributed by atoms with Crippen molar-refractivity contribution in [1.82, 2.24) is 10.4 Å². The van der Waals surface area contributed by atoms with Crippen molar-refractivity contribution in [2.75, 3.05) is 13.1 Å². The van der Waals surface area contributed by atoms with Gasteiger partial charge in [-0.3, -0.25) is 4.90 Å². The Morgan fingerprint density at radius 2 is 2.50 bits per heavy atom. The van der Waals surface area contributed by atoms with Crippen LogP contribution in [0.15, 0.2) is 11.8 Å². The van der Waals surface area contributed by atoms with Crippen LogP contribution in [-0.2, 0) is 9.63 Å². The van der Waals surface area contributed by atoms with Crippen LogP contribution in [0.25, 0.3) is 0 Å². The Labute approximate surface area is 82.7 Å². The van der Waals surface area contributed by atoms with Crippen molar-refractivity contribution in [3.63, 3.8) is 0 Å². The summed E-state index contributed by atoms with van der Waals surface area (Å²) in [5.41, 5.74) is 3.36. The number of nitrogens with one attached hydrogen (secondary N) is 1. The highest BCUT2D eigenvalue weighted by Gasteiger charge is 2.18. The second-order valence-corrected chi connectivity index (χ2v) is 3.02. The van der Waals surface area contributed by atoms with Gasteiger partial charge in [0.25, 0.3) is 0 Å². The first-order valence-electron chi connectivity index (χ1n) is 4.57. The number of amides is 1.